The molecular weight excluding hydrogens is 369 g/mol. The Bertz CT molecular complexity index is 792. The average Bonchev–Trinajstić information content (AvgIpc) is 3.41. The molecule has 0 spiro atoms. The van der Waals surface area contributed by atoms with Gasteiger partial charge in [-0.15, -0.1) is 24.8 Å². The standard InChI is InChI=1S/C20H23N3O.2ClH/c1-14-6-9-16(21)12-17(14)20(24)23-11-10-22(13-15-7-8-15)18-4-2-3-5-19(18)23;;/h2-6,9,12,15H,7-8,10-11,13,21H2,1H3;2*1H. The third kappa shape index (κ3) is 3.92. The Morgan fingerprint density at radius 2 is 1.77 bits per heavy atom. The summed E-state index contributed by atoms with van der Waals surface area (Å²) in [4.78, 5) is 17.5. The molecule has 0 saturated heterocycles. The Hall–Kier alpha value is -1.91. The smallest absolute Gasteiger partial charge is 0.258 e. The number of anilines is 3. The maximum Gasteiger partial charge on any atom is 0.258 e. The number of carbonyl (C=O) groups excluding carboxylic acids is 1. The van der Waals surface area contributed by atoms with Crippen molar-refractivity contribution in [2.45, 2.75) is 19.8 Å². The Morgan fingerprint density at radius 3 is 2.46 bits per heavy atom. The van der Waals surface area contributed by atoms with Crippen molar-refractivity contribution in [3.05, 3.63) is 53.6 Å². The third-order valence-corrected chi connectivity index (χ3v) is 5.02. The summed E-state index contributed by atoms with van der Waals surface area (Å²) in [6.07, 6.45) is 2.67. The second kappa shape index (κ2) is 8.19. The molecule has 2 aliphatic rings. The zero-order valence-electron chi connectivity index (χ0n) is 14.9. The minimum absolute atomic E-state index is 0. The van der Waals surface area contributed by atoms with Gasteiger partial charge in [0.25, 0.3) is 5.91 Å². The van der Waals surface area contributed by atoms with Crippen LogP contribution in [0.2, 0.25) is 0 Å². The molecule has 2 aromatic carbocycles. The molecule has 6 heteroatoms. The first kappa shape index (κ1) is 20.4. The van der Waals surface area contributed by atoms with E-state index in [2.05, 4.69) is 17.0 Å². The summed E-state index contributed by atoms with van der Waals surface area (Å²) >= 11 is 0. The number of hydrogen-bond donors (Lipinski definition) is 1. The van der Waals surface area contributed by atoms with Crippen molar-refractivity contribution in [1.82, 2.24) is 0 Å². The zero-order chi connectivity index (χ0) is 16.7. The van der Waals surface area contributed by atoms with Gasteiger partial charge in [-0.05, 0) is 55.5 Å². The highest BCUT2D eigenvalue weighted by molar-refractivity contribution is 6.09. The highest BCUT2D eigenvalue weighted by Crippen LogP contribution is 2.38. The molecule has 1 fully saturated rings. The molecule has 0 bridgehead atoms. The summed E-state index contributed by atoms with van der Waals surface area (Å²) in [6.45, 7) is 4.68. The minimum Gasteiger partial charge on any atom is -0.399 e. The highest BCUT2D eigenvalue weighted by Gasteiger charge is 2.31. The normalized spacial score (nSPS) is 15.6. The average molecular weight is 394 g/mol. The van der Waals surface area contributed by atoms with Gasteiger partial charge in [-0.1, -0.05) is 18.2 Å². The second-order valence-corrected chi connectivity index (χ2v) is 6.91. The van der Waals surface area contributed by atoms with Crippen LogP contribution in [0, 0.1) is 12.8 Å². The zero-order valence-corrected chi connectivity index (χ0v) is 16.5. The molecule has 1 aliphatic heterocycles. The molecule has 1 heterocycles. The van der Waals surface area contributed by atoms with Crippen LogP contribution in [-0.4, -0.2) is 25.5 Å². The fraction of sp³-hybridized carbons (Fsp3) is 0.350. The number of nitrogens with zero attached hydrogens (tertiary/aromatic N) is 2. The molecule has 4 rings (SSSR count). The molecule has 0 aromatic heterocycles. The lowest BCUT2D eigenvalue weighted by Gasteiger charge is -2.38. The number of carbonyl (C=O) groups is 1. The Labute approximate surface area is 167 Å². The van der Waals surface area contributed by atoms with Crippen LogP contribution in [-0.2, 0) is 0 Å². The Balaban J connectivity index is 0.00000121. The number of benzene rings is 2. The van der Waals surface area contributed by atoms with Crippen LogP contribution in [0.1, 0.15) is 28.8 Å². The van der Waals surface area contributed by atoms with E-state index in [9.17, 15) is 4.79 Å². The largest absolute Gasteiger partial charge is 0.399 e. The highest BCUT2D eigenvalue weighted by atomic mass is 35.5. The number of nitrogen functional groups attached to an aromatic ring is 1. The monoisotopic (exact) mass is 393 g/mol. The van der Waals surface area contributed by atoms with E-state index in [-0.39, 0.29) is 30.7 Å². The fourth-order valence-electron chi connectivity index (χ4n) is 3.45. The SMILES string of the molecule is Cc1ccc(N)cc1C(=O)N1CCN(CC2CC2)c2ccccc21.Cl.Cl. The molecule has 0 atom stereocenters. The molecule has 140 valence electrons. The lowest BCUT2D eigenvalue weighted by molar-refractivity contribution is 0.0986. The van der Waals surface area contributed by atoms with E-state index >= 15 is 0 Å². The molecule has 1 amide bonds. The van der Waals surface area contributed by atoms with E-state index in [4.69, 9.17) is 5.73 Å². The number of nitrogens with two attached hydrogens (primary N) is 1. The molecule has 0 unspecified atom stereocenters. The molecule has 4 nitrogen and oxygen atoms in total. The van der Waals surface area contributed by atoms with Crippen LogP contribution >= 0.6 is 24.8 Å². The van der Waals surface area contributed by atoms with Crippen molar-refractivity contribution >= 4 is 47.8 Å². The number of rotatable bonds is 3. The van der Waals surface area contributed by atoms with E-state index in [0.29, 0.717) is 11.3 Å². The summed E-state index contributed by atoms with van der Waals surface area (Å²) in [5, 5.41) is 0. The molecule has 1 saturated carbocycles. The summed E-state index contributed by atoms with van der Waals surface area (Å²) in [6, 6.07) is 13.8. The topological polar surface area (TPSA) is 49.6 Å². The summed E-state index contributed by atoms with van der Waals surface area (Å²) in [7, 11) is 0. The number of para-hydroxylation sites is 2. The summed E-state index contributed by atoms with van der Waals surface area (Å²) in [5.74, 6) is 0.870. The van der Waals surface area contributed by atoms with Gasteiger partial charge in [0.2, 0.25) is 0 Å². The molecule has 1 aliphatic carbocycles. The van der Waals surface area contributed by atoms with Crippen LogP contribution in [0.4, 0.5) is 17.1 Å². The number of fused-ring (bicyclic) bond motifs is 1. The number of aryl methyl sites for hydroxylation is 1. The second-order valence-electron chi connectivity index (χ2n) is 6.91. The quantitative estimate of drug-likeness (QED) is 0.790. The van der Waals surface area contributed by atoms with Crippen LogP contribution in [0.15, 0.2) is 42.5 Å². The van der Waals surface area contributed by atoms with Crippen LogP contribution in [0.25, 0.3) is 0 Å². The van der Waals surface area contributed by atoms with Crippen LogP contribution in [0.3, 0.4) is 0 Å². The maximum atomic E-state index is 13.1. The van der Waals surface area contributed by atoms with Crippen molar-refractivity contribution in [3.63, 3.8) is 0 Å². The molecule has 2 N–H and O–H groups in total. The van der Waals surface area contributed by atoms with Gasteiger partial charge in [0.1, 0.15) is 0 Å². The Kier molecular flexibility index (Phi) is 6.43. The van der Waals surface area contributed by atoms with Gasteiger partial charge in [0, 0.05) is 30.9 Å². The number of amides is 1. The molecule has 2 aromatic rings. The molecule has 26 heavy (non-hydrogen) atoms. The van der Waals surface area contributed by atoms with Gasteiger partial charge in [-0.25, -0.2) is 0 Å². The fourth-order valence-corrected chi connectivity index (χ4v) is 3.45. The predicted molar refractivity (Wildman–Crippen MR) is 113 cm³/mol. The Morgan fingerprint density at radius 1 is 1.08 bits per heavy atom. The molecule has 0 radical (unpaired) electrons. The van der Waals surface area contributed by atoms with E-state index in [1.807, 2.05) is 36.1 Å². The minimum atomic E-state index is 0. The first-order chi connectivity index (χ1) is 11.6. The first-order valence-electron chi connectivity index (χ1n) is 8.65. The van der Waals surface area contributed by atoms with E-state index in [1.165, 1.54) is 18.5 Å². The number of halogens is 2. The molecular formula is C20H25Cl2N3O. The van der Waals surface area contributed by atoms with Crippen molar-refractivity contribution < 1.29 is 4.79 Å². The van der Waals surface area contributed by atoms with Gasteiger partial charge >= 0.3 is 0 Å². The summed E-state index contributed by atoms with van der Waals surface area (Å²) < 4.78 is 0. The van der Waals surface area contributed by atoms with Gasteiger partial charge in [-0.3, -0.25) is 4.79 Å². The van der Waals surface area contributed by atoms with Crippen molar-refractivity contribution in [2.75, 3.05) is 35.2 Å². The maximum absolute atomic E-state index is 13.1. The summed E-state index contributed by atoms with van der Waals surface area (Å²) in [5.41, 5.74) is 10.4. The van der Waals surface area contributed by atoms with Crippen molar-refractivity contribution in [2.24, 2.45) is 5.92 Å². The van der Waals surface area contributed by atoms with Crippen LogP contribution < -0.4 is 15.5 Å². The third-order valence-electron chi connectivity index (χ3n) is 5.02. The number of hydrogen-bond acceptors (Lipinski definition) is 3. The van der Waals surface area contributed by atoms with E-state index < -0.39 is 0 Å². The van der Waals surface area contributed by atoms with Gasteiger partial charge < -0.3 is 15.5 Å². The van der Waals surface area contributed by atoms with E-state index in [1.54, 1.807) is 6.07 Å². The lowest BCUT2D eigenvalue weighted by Crippen LogP contribution is -2.45. The lowest BCUT2D eigenvalue weighted by atomic mass is 10.0. The predicted octanol–water partition coefficient (Wildman–Crippen LogP) is 4.30. The first-order valence-corrected chi connectivity index (χ1v) is 8.65. The van der Waals surface area contributed by atoms with E-state index in [0.717, 1.165) is 36.8 Å². The van der Waals surface area contributed by atoms with Crippen molar-refractivity contribution in [1.29, 1.82) is 0 Å². The van der Waals surface area contributed by atoms with Gasteiger partial charge in [0.15, 0.2) is 0 Å². The van der Waals surface area contributed by atoms with Crippen molar-refractivity contribution in [3.8, 4) is 0 Å². The van der Waals surface area contributed by atoms with Gasteiger partial charge in [-0.2, -0.15) is 0 Å². The van der Waals surface area contributed by atoms with Crippen LogP contribution in [0.5, 0.6) is 0 Å². The van der Waals surface area contributed by atoms with Gasteiger partial charge in [0.05, 0.1) is 11.4 Å².